The van der Waals surface area contributed by atoms with E-state index in [1.807, 2.05) is 0 Å². The molecule has 0 aromatic carbocycles. The van der Waals surface area contributed by atoms with Crippen LogP contribution < -0.4 is 0 Å². The lowest BCUT2D eigenvalue weighted by molar-refractivity contribution is -0.140. The highest BCUT2D eigenvalue weighted by Gasteiger charge is 2.18. The Hall–Kier alpha value is -0.990. The minimum atomic E-state index is -4.75. The number of carboxylic acid groups (broad SMARTS) is 1. The summed E-state index contributed by atoms with van der Waals surface area (Å²) in [6.07, 6.45) is 0. The first-order valence-corrected chi connectivity index (χ1v) is 4.47. The molecule has 9 nitrogen and oxygen atoms in total. The summed E-state index contributed by atoms with van der Waals surface area (Å²) in [7, 11) is -4.75. The van der Waals surface area contributed by atoms with E-state index in [4.69, 9.17) is 29.9 Å². The minimum absolute atomic E-state index is 0.778. The van der Waals surface area contributed by atoms with Crippen LogP contribution in [-0.2, 0) is 18.7 Å². The van der Waals surface area contributed by atoms with Crippen LogP contribution in [0.1, 0.15) is 0 Å². The Kier molecular flexibility index (Phi) is 8.20. The number of hydrogen-bond donors (Lipinski definition) is 5. The summed E-state index contributed by atoms with van der Waals surface area (Å²) in [4.78, 5) is 34.7. The Morgan fingerprint density at radius 2 is 1.50 bits per heavy atom. The number of carbonyl (C=O) groups excluding carboxylic acids is 1. The van der Waals surface area contributed by atoms with Gasteiger partial charge in [-0.2, -0.15) is 0 Å². The average Bonchev–Trinajstić information content (AvgIpc) is 2.02. The number of aliphatic hydroxyl groups excluding tert-OH is 2. The number of phosphoric acid groups is 1. The van der Waals surface area contributed by atoms with Crippen molar-refractivity contribution in [1.29, 1.82) is 0 Å². The second kappa shape index (κ2) is 7.42. The third-order valence-corrected chi connectivity index (χ3v) is 0.927. The lowest BCUT2D eigenvalue weighted by atomic mass is 10.8. The summed E-state index contributed by atoms with van der Waals surface area (Å²) in [6.45, 7) is -1.81. The van der Waals surface area contributed by atoms with Crippen molar-refractivity contribution in [3.63, 3.8) is 0 Å². The lowest BCUT2D eigenvalue weighted by Gasteiger charge is -2.00. The van der Waals surface area contributed by atoms with Crippen molar-refractivity contribution in [3.05, 3.63) is 0 Å². The van der Waals surface area contributed by atoms with Crippen molar-refractivity contribution < 1.29 is 43.8 Å². The molecule has 0 fully saturated rings. The van der Waals surface area contributed by atoms with E-state index in [0.717, 1.165) is 0 Å². The Morgan fingerprint density at radius 1 is 1.14 bits per heavy atom. The average molecular weight is 232 g/mol. The van der Waals surface area contributed by atoms with Crippen LogP contribution >= 0.6 is 7.82 Å². The second-order valence-electron chi connectivity index (χ2n) is 1.66. The van der Waals surface area contributed by atoms with Gasteiger partial charge < -0.3 is 19.8 Å². The molecular formula is C4H9O9P. The zero-order valence-corrected chi connectivity index (χ0v) is 7.62. The monoisotopic (exact) mass is 232 g/mol. The molecule has 0 saturated carbocycles. The molecule has 0 aromatic heterocycles. The summed E-state index contributed by atoms with van der Waals surface area (Å²) >= 11 is 0. The number of rotatable bonds is 3. The van der Waals surface area contributed by atoms with Gasteiger partial charge in [-0.15, -0.1) is 0 Å². The first-order chi connectivity index (χ1) is 6.22. The lowest BCUT2D eigenvalue weighted by Crippen LogP contribution is -2.06. The minimum Gasteiger partial charge on any atom is -0.480 e. The molecule has 0 radical (unpaired) electrons. The van der Waals surface area contributed by atoms with E-state index in [1.165, 1.54) is 0 Å². The van der Waals surface area contributed by atoms with Gasteiger partial charge in [0.25, 0.3) is 0 Å². The van der Waals surface area contributed by atoms with E-state index in [9.17, 15) is 9.36 Å². The van der Waals surface area contributed by atoms with E-state index in [-0.39, 0.29) is 0 Å². The van der Waals surface area contributed by atoms with Crippen LogP contribution in [0.5, 0.6) is 0 Å². The third kappa shape index (κ3) is 17.2. The van der Waals surface area contributed by atoms with Crippen molar-refractivity contribution >= 4 is 19.8 Å². The van der Waals surface area contributed by atoms with Crippen molar-refractivity contribution in [2.45, 2.75) is 0 Å². The number of phosphoric ester groups is 1. The molecule has 5 N–H and O–H groups in total. The Morgan fingerprint density at radius 3 is 1.57 bits per heavy atom. The molecule has 10 heteroatoms. The first-order valence-electron chi connectivity index (χ1n) is 2.94. The summed E-state index contributed by atoms with van der Waals surface area (Å²) < 4.78 is 13.1. The van der Waals surface area contributed by atoms with E-state index < -0.39 is 33.0 Å². The zero-order chi connectivity index (χ0) is 11.8. The van der Waals surface area contributed by atoms with Crippen molar-refractivity contribution in [3.8, 4) is 0 Å². The SMILES string of the molecule is O=C(CO)OP(=O)(O)O.O=C(O)CO. The Balaban J connectivity index is 0. The quantitative estimate of drug-likeness (QED) is 0.336. The van der Waals surface area contributed by atoms with Crippen molar-refractivity contribution in [2.75, 3.05) is 13.2 Å². The van der Waals surface area contributed by atoms with Gasteiger partial charge in [-0.25, -0.2) is 14.2 Å². The molecule has 0 aliphatic rings. The fourth-order valence-electron chi connectivity index (χ4n) is 0.162. The normalized spacial score (nSPS) is 9.71. The molecule has 0 spiro atoms. The topological polar surface area (TPSA) is 162 Å². The van der Waals surface area contributed by atoms with Gasteiger partial charge in [-0.05, 0) is 0 Å². The Bertz CT molecular complexity index is 229. The maximum Gasteiger partial charge on any atom is 0.527 e. The molecule has 0 bridgehead atoms. The zero-order valence-electron chi connectivity index (χ0n) is 6.73. The van der Waals surface area contributed by atoms with Crippen molar-refractivity contribution in [2.24, 2.45) is 0 Å². The number of carboxylic acids is 1. The Labute approximate surface area is 77.8 Å². The van der Waals surface area contributed by atoms with E-state index in [1.54, 1.807) is 0 Å². The van der Waals surface area contributed by atoms with Gasteiger partial charge in [0.05, 0.1) is 0 Å². The van der Waals surface area contributed by atoms with Crippen LogP contribution in [0.25, 0.3) is 0 Å². The van der Waals surface area contributed by atoms with Gasteiger partial charge >= 0.3 is 19.8 Å². The van der Waals surface area contributed by atoms with Crippen LogP contribution in [0.2, 0.25) is 0 Å². The van der Waals surface area contributed by atoms with Gasteiger partial charge in [0.15, 0.2) is 0 Å². The molecule has 0 aliphatic carbocycles. The third-order valence-electron chi connectivity index (χ3n) is 0.485. The van der Waals surface area contributed by atoms with Crippen LogP contribution in [0.4, 0.5) is 0 Å². The summed E-state index contributed by atoms with van der Waals surface area (Å²) in [5.74, 6) is -2.53. The number of aliphatic carboxylic acids is 1. The van der Waals surface area contributed by atoms with Crippen LogP contribution in [0, 0.1) is 0 Å². The largest absolute Gasteiger partial charge is 0.527 e. The molecule has 0 saturated heterocycles. The highest BCUT2D eigenvalue weighted by molar-refractivity contribution is 7.46. The van der Waals surface area contributed by atoms with Crippen LogP contribution in [0.3, 0.4) is 0 Å². The number of aliphatic hydroxyl groups is 2. The second-order valence-corrected chi connectivity index (χ2v) is 2.83. The number of carbonyl (C=O) groups is 2. The highest BCUT2D eigenvalue weighted by Crippen LogP contribution is 2.35. The molecule has 0 amide bonds. The first kappa shape index (κ1) is 15.5. The fourth-order valence-corrected chi connectivity index (χ4v) is 0.485. The summed E-state index contributed by atoms with van der Waals surface area (Å²) in [6, 6.07) is 0. The predicted molar refractivity (Wildman–Crippen MR) is 39.9 cm³/mol. The maximum atomic E-state index is 9.86. The molecule has 0 aliphatic heterocycles. The molecule has 0 unspecified atom stereocenters. The van der Waals surface area contributed by atoms with E-state index >= 15 is 0 Å². The molecule has 0 atom stereocenters. The fraction of sp³-hybridized carbons (Fsp3) is 0.500. The van der Waals surface area contributed by atoms with Crippen LogP contribution in [-0.4, -0.2) is 50.3 Å². The van der Waals surface area contributed by atoms with Gasteiger partial charge in [-0.3, -0.25) is 9.79 Å². The number of hydrogen-bond acceptors (Lipinski definition) is 6. The van der Waals surface area contributed by atoms with Crippen molar-refractivity contribution in [1.82, 2.24) is 0 Å². The van der Waals surface area contributed by atoms with E-state index in [0.29, 0.717) is 0 Å². The summed E-state index contributed by atoms with van der Waals surface area (Å²) in [5.41, 5.74) is 0. The molecular weight excluding hydrogens is 223 g/mol. The standard InChI is InChI=1S/C2H5O6P.C2H4O3/c3-1-2(4)8-9(5,6)7;3-1-2(4)5/h3H,1H2,(H2,5,6,7);3H,1H2,(H,4,5). The predicted octanol–water partition coefficient (Wildman–Crippen LogP) is -2.32. The molecule has 84 valence electrons. The molecule has 0 aromatic rings. The maximum absolute atomic E-state index is 9.86. The van der Waals surface area contributed by atoms with Crippen LogP contribution in [0.15, 0.2) is 0 Å². The highest BCUT2D eigenvalue weighted by atomic mass is 31.2. The smallest absolute Gasteiger partial charge is 0.480 e. The summed E-state index contributed by atoms with van der Waals surface area (Å²) in [5, 5.41) is 22.9. The van der Waals surface area contributed by atoms with Gasteiger partial charge in [0.2, 0.25) is 0 Å². The molecule has 14 heavy (non-hydrogen) atoms. The van der Waals surface area contributed by atoms with E-state index in [2.05, 4.69) is 4.52 Å². The van der Waals surface area contributed by atoms with Gasteiger partial charge in [0, 0.05) is 0 Å². The van der Waals surface area contributed by atoms with Gasteiger partial charge in [0.1, 0.15) is 13.2 Å². The molecule has 0 rings (SSSR count). The molecule has 0 heterocycles. The van der Waals surface area contributed by atoms with Gasteiger partial charge in [-0.1, -0.05) is 0 Å².